The van der Waals surface area contributed by atoms with Gasteiger partial charge in [-0.3, -0.25) is 4.18 Å². The van der Waals surface area contributed by atoms with Crippen LogP contribution in [0, 0.1) is 6.92 Å². The Bertz CT molecular complexity index is 1180. The Morgan fingerprint density at radius 3 is 1.94 bits per heavy atom. The lowest BCUT2D eigenvalue weighted by molar-refractivity contribution is 0.114. The van der Waals surface area contributed by atoms with Crippen LogP contribution in [0.3, 0.4) is 0 Å². The topological polar surface area (TPSA) is 68.4 Å². The Morgan fingerprint density at radius 1 is 0.806 bits per heavy atom. The van der Waals surface area contributed by atoms with Gasteiger partial charge in [-0.05, 0) is 37.1 Å². The minimum Gasteiger partial charge on any atom is -0.358 e. The summed E-state index contributed by atoms with van der Waals surface area (Å²) in [7, 11) is -3.93. The molecule has 4 atom stereocenters. The van der Waals surface area contributed by atoms with Gasteiger partial charge in [0.2, 0.25) is 0 Å². The number of ether oxygens (including phenoxy) is 2. The summed E-state index contributed by atoms with van der Waals surface area (Å²) in [5, 5.41) is 0. The van der Waals surface area contributed by atoms with E-state index in [1.54, 1.807) is 24.3 Å². The van der Waals surface area contributed by atoms with Gasteiger partial charge in [0.1, 0.15) is 24.4 Å². The zero-order valence-electron chi connectivity index (χ0n) is 17.4. The minimum absolute atomic E-state index is 0.122. The molecule has 0 N–H and O–H groups in total. The molecule has 2 aliphatic heterocycles. The van der Waals surface area contributed by atoms with Crippen LogP contribution in [-0.2, 0) is 23.8 Å². The first-order valence-corrected chi connectivity index (χ1v) is 11.7. The molecule has 0 aliphatic carbocycles. The smallest absolute Gasteiger partial charge is 0.297 e. The van der Waals surface area contributed by atoms with Crippen LogP contribution in [0.2, 0.25) is 0 Å². The molecule has 0 amide bonds. The Morgan fingerprint density at radius 2 is 1.35 bits per heavy atom. The van der Waals surface area contributed by atoms with Crippen LogP contribution in [-0.4, -0.2) is 26.2 Å². The molecule has 2 heterocycles. The maximum atomic E-state index is 12.8. The number of hydrogen-bond acceptors (Lipinski definition) is 5. The van der Waals surface area contributed by atoms with Gasteiger partial charge in [-0.2, -0.15) is 8.42 Å². The van der Waals surface area contributed by atoms with Gasteiger partial charge in [0.15, 0.2) is 5.60 Å². The van der Waals surface area contributed by atoms with Crippen molar-refractivity contribution >= 4 is 10.1 Å². The molecule has 31 heavy (non-hydrogen) atoms. The maximum Gasteiger partial charge on any atom is 0.297 e. The first-order valence-electron chi connectivity index (χ1n) is 10.3. The zero-order chi connectivity index (χ0) is 21.7. The van der Waals surface area contributed by atoms with Crippen molar-refractivity contribution in [3.8, 4) is 0 Å². The first kappa shape index (κ1) is 20.4. The highest BCUT2D eigenvalue weighted by atomic mass is 32.2. The summed E-state index contributed by atoms with van der Waals surface area (Å²) in [5.74, 6) is 0. The largest absolute Gasteiger partial charge is 0.358 e. The standard InChI is InChI=1S/C25H24O5S/c1-18-13-15-21(16-14-18)31(26,27)28-17-25(23(30-25)20-11-7-4-8-12-20)24(2)22(29-24)19-9-5-3-6-10-19/h3-16,22-23H,17H2,1-2H3/t22-,23-,24-,25-/m0/s1. The van der Waals surface area contributed by atoms with E-state index in [9.17, 15) is 8.42 Å². The fourth-order valence-electron chi connectivity index (χ4n) is 4.26. The number of aryl methyl sites for hydroxylation is 1. The molecule has 0 bridgehead atoms. The summed E-state index contributed by atoms with van der Waals surface area (Å²) >= 11 is 0. The van der Waals surface area contributed by atoms with E-state index in [0.717, 1.165) is 16.7 Å². The third-order valence-corrected chi connectivity index (χ3v) is 7.56. The van der Waals surface area contributed by atoms with Gasteiger partial charge in [0.05, 0.1) is 4.90 Å². The van der Waals surface area contributed by atoms with Gasteiger partial charge in [-0.15, -0.1) is 0 Å². The molecule has 3 aromatic rings. The molecule has 2 saturated heterocycles. The lowest BCUT2D eigenvalue weighted by Gasteiger charge is -2.19. The predicted molar refractivity (Wildman–Crippen MR) is 116 cm³/mol. The summed E-state index contributed by atoms with van der Waals surface area (Å²) in [5.41, 5.74) is 1.40. The van der Waals surface area contributed by atoms with Gasteiger partial charge in [0, 0.05) is 0 Å². The van der Waals surface area contributed by atoms with Crippen molar-refractivity contribution in [2.45, 2.75) is 42.2 Å². The lowest BCUT2D eigenvalue weighted by atomic mass is 9.84. The number of benzene rings is 3. The van der Waals surface area contributed by atoms with E-state index < -0.39 is 21.3 Å². The average Bonchev–Trinajstić information content (AvgIpc) is 3.69. The number of hydrogen-bond donors (Lipinski definition) is 0. The van der Waals surface area contributed by atoms with E-state index in [0.29, 0.717) is 0 Å². The van der Waals surface area contributed by atoms with E-state index in [1.807, 2.05) is 74.5 Å². The highest BCUT2D eigenvalue weighted by Gasteiger charge is 2.79. The molecular weight excluding hydrogens is 412 g/mol. The SMILES string of the molecule is Cc1ccc(S(=O)(=O)OC[C@]2([C@@]3(C)O[C@H]3c3ccccc3)O[C@H]2c2ccccc2)cc1. The molecule has 3 aromatic carbocycles. The van der Waals surface area contributed by atoms with Crippen LogP contribution >= 0.6 is 0 Å². The van der Waals surface area contributed by atoms with Crippen molar-refractivity contribution in [2.24, 2.45) is 0 Å². The first-order chi connectivity index (χ1) is 14.9. The van der Waals surface area contributed by atoms with Crippen molar-refractivity contribution in [3.05, 3.63) is 102 Å². The molecule has 0 radical (unpaired) electrons. The molecule has 0 spiro atoms. The van der Waals surface area contributed by atoms with Crippen LogP contribution in [0.15, 0.2) is 89.8 Å². The Balaban J connectivity index is 1.43. The van der Waals surface area contributed by atoms with E-state index >= 15 is 0 Å². The fourth-order valence-corrected chi connectivity index (χ4v) is 5.19. The Kier molecular flexibility index (Phi) is 4.79. The van der Waals surface area contributed by atoms with Crippen molar-refractivity contribution < 1.29 is 22.1 Å². The van der Waals surface area contributed by atoms with E-state index in [1.165, 1.54) is 0 Å². The summed E-state index contributed by atoms with van der Waals surface area (Å²) in [6, 6.07) is 26.3. The van der Waals surface area contributed by atoms with Crippen molar-refractivity contribution in [1.82, 2.24) is 0 Å². The minimum atomic E-state index is -3.93. The normalized spacial score (nSPS) is 29.5. The molecule has 160 valence electrons. The molecule has 5 nitrogen and oxygen atoms in total. The quantitative estimate of drug-likeness (QED) is 0.395. The molecule has 0 unspecified atom stereocenters. The average molecular weight is 437 g/mol. The molecular formula is C25H24O5S. The van der Waals surface area contributed by atoms with Gasteiger partial charge in [-0.25, -0.2) is 0 Å². The van der Waals surface area contributed by atoms with Crippen LogP contribution < -0.4 is 0 Å². The summed E-state index contributed by atoms with van der Waals surface area (Å²) < 4.78 is 43.6. The molecule has 6 heteroatoms. The predicted octanol–water partition coefficient (Wildman–Crippen LogP) is 4.74. The maximum absolute atomic E-state index is 12.8. The molecule has 5 rings (SSSR count). The molecule has 0 saturated carbocycles. The van der Waals surface area contributed by atoms with Gasteiger partial charge < -0.3 is 9.47 Å². The van der Waals surface area contributed by atoms with Crippen molar-refractivity contribution in [3.63, 3.8) is 0 Å². The Labute approximate surface area is 182 Å². The second-order valence-corrected chi connectivity index (χ2v) is 9.96. The zero-order valence-corrected chi connectivity index (χ0v) is 18.2. The van der Waals surface area contributed by atoms with Gasteiger partial charge in [-0.1, -0.05) is 78.4 Å². The summed E-state index contributed by atoms with van der Waals surface area (Å²) in [4.78, 5) is 0.131. The monoisotopic (exact) mass is 436 g/mol. The second-order valence-electron chi connectivity index (χ2n) is 8.34. The number of rotatable bonds is 7. The van der Waals surface area contributed by atoms with Crippen LogP contribution in [0.25, 0.3) is 0 Å². The van der Waals surface area contributed by atoms with Gasteiger partial charge >= 0.3 is 0 Å². The third kappa shape index (κ3) is 3.49. The number of epoxide rings is 2. The lowest BCUT2D eigenvalue weighted by Crippen LogP contribution is -2.38. The van der Waals surface area contributed by atoms with Crippen LogP contribution in [0.5, 0.6) is 0 Å². The van der Waals surface area contributed by atoms with Crippen LogP contribution in [0.1, 0.15) is 35.8 Å². The van der Waals surface area contributed by atoms with Crippen LogP contribution in [0.4, 0.5) is 0 Å². The molecule has 0 aromatic heterocycles. The summed E-state index contributed by atoms with van der Waals surface area (Å²) in [6.45, 7) is 3.75. The Hall–Kier alpha value is -2.51. The fraction of sp³-hybridized carbons (Fsp3) is 0.280. The highest BCUT2D eigenvalue weighted by molar-refractivity contribution is 7.86. The summed E-state index contributed by atoms with van der Waals surface area (Å²) in [6.07, 6.45) is -0.492. The second kappa shape index (κ2) is 7.28. The van der Waals surface area contributed by atoms with Gasteiger partial charge in [0.25, 0.3) is 10.1 Å². The van der Waals surface area contributed by atoms with Crippen molar-refractivity contribution in [1.29, 1.82) is 0 Å². The van der Waals surface area contributed by atoms with E-state index in [2.05, 4.69) is 0 Å². The van der Waals surface area contributed by atoms with Crippen molar-refractivity contribution in [2.75, 3.05) is 6.61 Å². The molecule has 2 aliphatic rings. The van der Waals surface area contributed by atoms with E-state index in [4.69, 9.17) is 13.7 Å². The highest BCUT2D eigenvalue weighted by Crippen LogP contribution is 2.69. The molecule has 2 fully saturated rings. The van der Waals surface area contributed by atoms with E-state index in [-0.39, 0.29) is 23.7 Å². The third-order valence-electron chi connectivity index (χ3n) is 6.28.